The van der Waals surface area contributed by atoms with Crippen molar-refractivity contribution in [3.63, 3.8) is 0 Å². The molecular weight excluding hydrogens is 370 g/mol. The molecule has 1 aromatic heterocycles. The Kier molecular flexibility index (Phi) is 5.70. The fourth-order valence-corrected chi connectivity index (χ4v) is 2.82. The van der Waals surface area contributed by atoms with Crippen LogP contribution in [0.4, 0.5) is 4.79 Å². The van der Waals surface area contributed by atoms with Gasteiger partial charge in [-0.05, 0) is 51.5 Å². The maximum absolute atomic E-state index is 12.6. The maximum Gasteiger partial charge on any atom is 0.410 e. The fraction of sp³-hybridized carbons (Fsp3) is 0.444. The molecule has 0 aliphatic rings. The molecule has 0 aliphatic carbocycles. The quantitative estimate of drug-likeness (QED) is 0.771. The van der Waals surface area contributed by atoms with E-state index in [1.54, 1.807) is 9.58 Å². The lowest BCUT2D eigenvalue weighted by Gasteiger charge is -2.27. The number of aromatic nitrogens is 2. The standard InChI is InChI=1S/C18H24BrN3O2/c1-13-9-16(21(5)20-13)12-22(17(23)24-18(2,3)4)11-14-7-6-8-15(19)10-14/h6-10H,11-12H2,1-5H3. The minimum absolute atomic E-state index is 0.332. The molecule has 0 bridgehead atoms. The van der Waals surface area contributed by atoms with Crippen molar-refractivity contribution in [2.24, 2.45) is 7.05 Å². The van der Waals surface area contributed by atoms with Crippen LogP contribution in [0.5, 0.6) is 0 Å². The third kappa shape index (κ3) is 5.37. The molecule has 1 heterocycles. The predicted octanol–water partition coefficient (Wildman–Crippen LogP) is 4.43. The second-order valence-electron chi connectivity index (χ2n) is 6.87. The molecule has 1 aromatic carbocycles. The van der Waals surface area contributed by atoms with Crippen LogP contribution in [-0.4, -0.2) is 26.4 Å². The molecule has 2 rings (SSSR count). The smallest absolute Gasteiger partial charge is 0.410 e. The van der Waals surface area contributed by atoms with E-state index in [0.29, 0.717) is 13.1 Å². The molecular formula is C18H24BrN3O2. The van der Waals surface area contributed by atoms with Crippen LogP contribution >= 0.6 is 15.9 Å². The van der Waals surface area contributed by atoms with Crippen LogP contribution < -0.4 is 0 Å². The summed E-state index contributed by atoms with van der Waals surface area (Å²) in [6.07, 6.45) is -0.332. The van der Waals surface area contributed by atoms with Crippen molar-refractivity contribution in [1.82, 2.24) is 14.7 Å². The van der Waals surface area contributed by atoms with Crippen LogP contribution in [0.2, 0.25) is 0 Å². The van der Waals surface area contributed by atoms with Gasteiger partial charge in [0.25, 0.3) is 0 Å². The fourth-order valence-electron chi connectivity index (χ4n) is 2.37. The summed E-state index contributed by atoms with van der Waals surface area (Å²) in [4.78, 5) is 14.3. The Bertz CT molecular complexity index is 719. The summed E-state index contributed by atoms with van der Waals surface area (Å²) >= 11 is 3.47. The number of ether oxygens (including phenoxy) is 1. The second-order valence-corrected chi connectivity index (χ2v) is 7.78. The highest BCUT2D eigenvalue weighted by molar-refractivity contribution is 9.10. The van der Waals surface area contributed by atoms with Gasteiger partial charge in [-0.3, -0.25) is 9.58 Å². The average molecular weight is 394 g/mol. The third-order valence-electron chi connectivity index (χ3n) is 3.37. The Morgan fingerprint density at radius 1 is 1.29 bits per heavy atom. The summed E-state index contributed by atoms with van der Waals surface area (Å²) in [7, 11) is 1.88. The van der Waals surface area contributed by atoms with Crippen molar-refractivity contribution >= 4 is 22.0 Å². The van der Waals surface area contributed by atoms with Crippen molar-refractivity contribution in [2.75, 3.05) is 0 Å². The minimum Gasteiger partial charge on any atom is -0.444 e. The number of rotatable bonds is 4. The molecule has 6 heteroatoms. The van der Waals surface area contributed by atoms with Crippen LogP contribution in [0.3, 0.4) is 0 Å². The van der Waals surface area contributed by atoms with E-state index in [1.807, 2.05) is 65.1 Å². The van der Waals surface area contributed by atoms with Crippen LogP contribution in [0, 0.1) is 6.92 Å². The van der Waals surface area contributed by atoms with E-state index in [2.05, 4.69) is 21.0 Å². The number of benzene rings is 1. The number of aryl methyl sites for hydroxylation is 2. The summed E-state index contributed by atoms with van der Waals surface area (Å²) in [5, 5.41) is 4.35. The molecule has 0 saturated heterocycles. The number of carbonyl (C=O) groups is 1. The lowest BCUT2D eigenvalue weighted by molar-refractivity contribution is 0.0212. The first-order chi connectivity index (χ1) is 11.1. The Hall–Kier alpha value is -1.82. The number of hydrogen-bond acceptors (Lipinski definition) is 3. The monoisotopic (exact) mass is 393 g/mol. The summed E-state index contributed by atoms with van der Waals surface area (Å²) in [6.45, 7) is 8.47. The molecule has 24 heavy (non-hydrogen) atoms. The highest BCUT2D eigenvalue weighted by Gasteiger charge is 2.23. The first-order valence-corrected chi connectivity index (χ1v) is 8.65. The van der Waals surface area contributed by atoms with Gasteiger partial charge < -0.3 is 4.74 Å². The van der Waals surface area contributed by atoms with Gasteiger partial charge in [0.05, 0.1) is 17.9 Å². The average Bonchev–Trinajstić information content (AvgIpc) is 2.74. The van der Waals surface area contributed by atoms with Gasteiger partial charge in [-0.15, -0.1) is 0 Å². The summed E-state index contributed by atoms with van der Waals surface area (Å²) < 4.78 is 8.35. The largest absolute Gasteiger partial charge is 0.444 e. The van der Waals surface area contributed by atoms with Crippen molar-refractivity contribution < 1.29 is 9.53 Å². The predicted molar refractivity (Wildman–Crippen MR) is 97.6 cm³/mol. The second kappa shape index (κ2) is 7.38. The van der Waals surface area contributed by atoms with Crippen LogP contribution in [0.15, 0.2) is 34.8 Å². The van der Waals surface area contributed by atoms with E-state index in [0.717, 1.165) is 21.4 Å². The lowest BCUT2D eigenvalue weighted by Crippen LogP contribution is -2.36. The lowest BCUT2D eigenvalue weighted by atomic mass is 10.2. The number of amides is 1. The molecule has 1 amide bonds. The Labute approximate surface area is 151 Å². The van der Waals surface area contributed by atoms with Gasteiger partial charge in [0.15, 0.2) is 0 Å². The molecule has 5 nitrogen and oxygen atoms in total. The molecule has 0 N–H and O–H groups in total. The van der Waals surface area contributed by atoms with E-state index in [4.69, 9.17) is 4.74 Å². The Balaban J connectivity index is 2.23. The Morgan fingerprint density at radius 3 is 2.54 bits per heavy atom. The highest BCUT2D eigenvalue weighted by atomic mass is 79.9. The molecule has 0 spiro atoms. The normalized spacial score (nSPS) is 11.4. The van der Waals surface area contributed by atoms with E-state index in [9.17, 15) is 4.79 Å². The zero-order chi connectivity index (χ0) is 17.9. The molecule has 0 aliphatic heterocycles. The van der Waals surface area contributed by atoms with Crippen LogP contribution in [0.25, 0.3) is 0 Å². The molecule has 0 fully saturated rings. The van der Waals surface area contributed by atoms with Gasteiger partial charge in [0.1, 0.15) is 5.60 Å². The van der Waals surface area contributed by atoms with Gasteiger partial charge in [0.2, 0.25) is 0 Å². The van der Waals surface area contributed by atoms with Gasteiger partial charge in [-0.1, -0.05) is 28.1 Å². The zero-order valence-corrected chi connectivity index (χ0v) is 16.4. The minimum atomic E-state index is -0.533. The maximum atomic E-state index is 12.6. The number of halogens is 1. The van der Waals surface area contributed by atoms with Crippen molar-refractivity contribution in [1.29, 1.82) is 0 Å². The molecule has 0 radical (unpaired) electrons. The van der Waals surface area contributed by atoms with Gasteiger partial charge in [-0.2, -0.15) is 5.10 Å². The van der Waals surface area contributed by atoms with Crippen molar-refractivity contribution in [3.05, 3.63) is 51.8 Å². The van der Waals surface area contributed by atoms with E-state index in [1.165, 1.54) is 0 Å². The number of nitrogens with zero attached hydrogens (tertiary/aromatic N) is 3. The van der Waals surface area contributed by atoms with Gasteiger partial charge in [-0.25, -0.2) is 4.79 Å². The molecule has 2 aromatic rings. The molecule has 0 unspecified atom stereocenters. The molecule has 0 atom stereocenters. The number of carbonyl (C=O) groups excluding carboxylic acids is 1. The molecule has 0 saturated carbocycles. The van der Waals surface area contributed by atoms with Crippen LogP contribution in [-0.2, 0) is 24.9 Å². The topological polar surface area (TPSA) is 47.4 Å². The SMILES string of the molecule is Cc1cc(CN(Cc2cccc(Br)c2)C(=O)OC(C)(C)C)n(C)n1. The Morgan fingerprint density at radius 2 is 2.00 bits per heavy atom. The first kappa shape index (κ1) is 18.5. The van der Waals surface area contributed by atoms with Gasteiger partial charge in [0, 0.05) is 18.1 Å². The zero-order valence-electron chi connectivity index (χ0n) is 14.8. The number of hydrogen-bond donors (Lipinski definition) is 0. The highest BCUT2D eigenvalue weighted by Crippen LogP contribution is 2.18. The van der Waals surface area contributed by atoms with Crippen molar-refractivity contribution in [3.8, 4) is 0 Å². The summed E-state index contributed by atoms with van der Waals surface area (Å²) in [6, 6.07) is 9.91. The van der Waals surface area contributed by atoms with Crippen molar-refractivity contribution in [2.45, 2.75) is 46.4 Å². The van der Waals surface area contributed by atoms with E-state index >= 15 is 0 Å². The third-order valence-corrected chi connectivity index (χ3v) is 3.86. The first-order valence-electron chi connectivity index (χ1n) is 7.86. The van der Waals surface area contributed by atoms with Crippen LogP contribution in [0.1, 0.15) is 37.7 Å². The molecule has 130 valence electrons. The van der Waals surface area contributed by atoms with Gasteiger partial charge >= 0.3 is 6.09 Å². The summed E-state index contributed by atoms with van der Waals surface area (Å²) in [5.41, 5.74) is 2.40. The summed E-state index contributed by atoms with van der Waals surface area (Å²) in [5.74, 6) is 0. The van der Waals surface area contributed by atoms with E-state index < -0.39 is 5.60 Å². The van der Waals surface area contributed by atoms with E-state index in [-0.39, 0.29) is 6.09 Å².